The Kier molecular flexibility index (Phi) is 3.92. The number of rotatable bonds is 1. The van der Waals surface area contributed by atoms with Crippen LogP contribution in [-0.4, -0.2) is 25.0 Å². The second-order valence-electron chi connectivity index (χ2n) is 7.50. The highest BCUT2D eigenvalue weighted by molar-refractivity contribution is 7.14. The van der Waals surface area contributed by atoms with Crippen molar-refractivity contribution in [2.24, 2.45) is 11.8 Å². The van der Waals surface area contributed by atoms with Crippen molar-refractivity contribution in [2.45, 2.75) is 38.4 Å². The third-order valence-electron chi connectivity index (χ3n) is 5.94. The van der Waals surface area contributed by atoms with Crippen molar-refractivity contribution in [1.82, 2.24) is 0 Å². The van der Waals surface area contributed by atoms with Crippen molar-refractivity contribution >= 4 is 17.3 Å². The molecule has 1 aromatic heterocycles. The first-order valence-corrected chi connectivity index (χ1v) is 10.1. The van der Waals surface area contributed by atoms with Crippen LogP contribution in [0, 0.1) is 11.8 Å². The average Bonchev–Trinajstić information content (AvgIpc) is 3.18. The molecule has 5 heteroatoms. The summed E-state index contributed by atoms with van der Waals surface area (Å²) in [5.41, 5.74) is 4.12. The number of carbonyl (C=O) groups is 1. The molecule has 4 nitrogen and oxygen atoms in total. The highest BCUT2D eigenvalue weighted by Crippen LogP contribution is 2.49. The van der Waals surface area contributed by atoms with Gasteiger partial charge >= 0.3 is 5.97 Å². The number of fused-ring (bicyclic) bond motifs is 2. The molecule has 1 aromatic carbocycles. The van der Waals surface area contributed by atoms with E-state index < -0.39 is 5.79 Å². The van der Waals surface area contributed by atoms with Crippen LogP contribution in [0.5, 0.6) is 5.06 Å². The summed E-state index contributed by atoms with van der Waals surface area (Å²) in [4.78, 5) is 12.7. The molecular weight excluding hydrogens is 348 g/mol. The van der Waals surface area contributed by atoms with Crippen LogP contribution in [0.4, 0.5) is 0 Å². The van der Waals surface area contributed by atoms with Crippen LogP contribution in [0.3, 0.4) is 0 Å². The lowest BCUT2D eigenvalue weighted by atomic mass is 9.83. The molecule has 1 fully saturated rings. The van der Waals surface area contributed by atoms with E-state index in [9.17, 15) is 4.79 Å². The average molecular weight is 370 g/mol. The molecule has 2 unspecified atom stereocenters. The monoisotopic (exact) mass is 370 g/mol. The number of benzene rings is 1. The predicted octanol–water partition coefficient (Wildman–Crippen LogP) is 3.55. The first-order valence-electron chi connectivity index (χ1n) is 9.29. The number of hydrogen-bond acceptors (Lipinski definition) is 5. The third-order valence-corrected chi connectivity index (χ3v) is 7.02. The lowest BCUT2D eigenvalue weighted by Crippen LogP contribution is -2.47. The molecule has 2 aromatic rings. The maximum atomic E-state index is 11.3. The molecule has 1 spiro atoms. The van der Waals surface area contributed by atoms with Gasteiger partial charge in [0.05, 0.1) is 13.2 Å². The zero-order valence-electron chi connectivity index (χ0n) is 14.8. The minimum atomic E-state index is -0.487. The van der Waals surface area contributed by atoms with Crippen LogP contribution >= 0.6 is 11.3 Å². The van der Waals surface area contributed by atoms with Crippen molar-refractivity contribution in [2.75, 3.05) is 13.2 Å². The van der Waals surface area contributed by atoms with E-state index in [2.05, 4.69) is 24.3 Å². The molecule has 2 bridgehead atoms. The molecule has 5 rings (SSSR count). The molecule has 26 heavy (non-hydrogen) atoms. The summed E-state index contributed by atoms with van der Waals surface area (Å²) >= 11 is 1.60. The topological polar surface area (TPSA) is 44.8 Å². The molecule has 0 N–H and O–H groups in total. The highest BCUT2D eigenvalue weighted by Gasteiger charge is 2.53. The first kappa shape index (κ1) is 16.5. The van der Waals surface area contributed by atoms with Crippen LogP contribution in [0.1, 0.15) is 28.5 Å². The number of carbonyl (C=O) groups excluding carboxylic acids is 1. The van der Waals surface area contributed by atoms with Crippen molar-refractivity contribution in [3.05, 3.63) is 51.9 Å². The predicted molar refractivity (Wildman–Crippen MR) is 98.5 cm³/mol. The number of hydrogen-bond donors (Lipinski definition) is 0. The second kappa shape index (κ2) is 6.19. The summed E-state index contributed by atoms with van der Waals surface area (Å²) in [6.45, 7) is 2.81. The Morgan fingerprint density at radius 2 is 1.65 bits per heavy atom. The number of thiophene rings is 1. The SMILES string of the molecule is CC(=O)Oc1cc2c(s1)CC1Cc3ccccc3CC(C2)C12OCCO2. The maximum Gasteiger partial charge on any atom is 0.308 e. The van der Waals surface area contributed by atoms with Crippen LogP contribution in [0.2, 0.25) is 0 Å². The van der Waals surface area contributed by atoms with Gasteiger partial charge in [-0.1, -0.05) is 24.3 Å². The quantitative estimate of drug-likeness (QED) is 0.720. The summed E-state index contributed by atoms with van der Waals surface area (Å²) in [6, 6.07) is 10.8. The van der Waals surface area contributed by atoms with E-state index in [-0.39, 0.29) is 17.8 Å². The van der Waals surface area contributed by atoms with E-state index in [1.165, 1.54) is 28.5 Å². The van der Waals surface area contributed by atoms with E-state index in [0.717, 1.165) is 25.7 Å². The zero-order valence-corrected chi connectivity index (χ0v) is 15.6. The van der Waals surface area contributed by atoms with E-state index in [1.54, 1.807) is 11.3 Å². The van der Waals surface area contributed by atoms with E-state index in [4.69, 9.17) is 14.2 Å². The summed E-state index contributed by atoms with van der Waals surface area (Å²) in [5, 5.41) is 0.709. The summed E-state index contributed by atoms with van der Waals surface area (Å²) in [5.74, 6) is -0.187. The molecule has 0 radical (unpaired) electrons. The normalized spacial score (nSPS) is 25.9. The minimum Gasteiger partial charge on any atom is -0.416 e. The van der Waals surface area contributed by atoms with Gasteiger partial charge in [0, 0.05) is 23.6 Å². The van der Waals surface area contributed by atoms with Gasteiger partial charge in [-0.25, -0.2) is 0 Å². The number of ether oxygens (including phenoxy) is 3. The smallest absolute Gasteiger partial charge is 0.308 e. The molecule has 136 valence electrons. The Morgan fingerprint density at radius 1 is 1.04 bits per heavy atom. The van der Waals surface area contributed by atoms with Crippen LogP contribution in [0.15, 0.2) is 30.3 Å². The largest absolute Gasteiger partial charge is 0.416 e. The minimum absolute atomic E-state index is 0.259. The molecule has 0 amide bonds. The fourth-order valence-corrected chi connectivity index (χ4v) is 6.08. The summed E-state index contributed by atoms with van der Waals surface area (Å²) < 4.78 is 18.0. The van der Waals surface area contributed by atoms with Crippen LogP contribution in [-0.2, 0) is 40.0 Å². The first-order chi connectivity index (χ1) is 12.6. The molecule has 3 aliphatic rings. The lowest BCUT2D eigenvalue weighted by molar-refractivity contribution is -0.227. The van der Waals surface area contributed by atoms with Crippen molar-refractivity contribution in [3.63, 3.8) is 0 Å². The Morgan fingerprint density at radius 3 is 2.31 bits per heavy atom. The third kappa shape index (κ3) is 2.61. The van der Waals surface area contributed by atoms with Gasteiger partial charge in [-0.15, -0.1) is 11.3 Å². The Bertz CT molecular complexity index is 795. The number of esters is 1. The van der Waals surface area contributed by atoms with Crippen LogP contribution < -0.4 is 4.74 Å². The second-order valence-corrected chi connectivity index (χ2v) is 8.60. The van der Waals surface area contributed by atoms with E-state index >= 15 is 0 Å². The maximum absolute atomic E-state index is 11.3. The van der Waals surface area contributed by atoms with Gasteiger partial charge in [0.15, 0.2) is 10.9 Å². The van der Waals surface area contributed by atoms with Crippen LogP contribution in [0.25, 0.3) is 0 Å². The van der Waals surface area contributed by atoms with Crippen molar-refractivity contribution in [1.29, 1.82) is 0 Å². The fourth-order valence-electron chi connectivity index (χ4n) is 4.91. The molecule has 2 atom stereocenters. The molecular formula is C21H22O4S. The van der Waals surface area contributed by atoms with Gasteiger partial charge in [-0.3, -0.25) is 4.79 Å². The molecule has 2 heterocycles. The van der Waals surface area contributed by atoms with Gasteiger partial charge in [0.25, 0.3) is 0 Å². The lowest BCUT2D eigenvalue weighted by Gasteiger charge is -2.38. The van der Waals surface area contributed by atoms with Gasteiger partial charge in [0.2, 0.25) is 0 Å². The fraction of sp³-hybridized carbons (Fsp3) is 0.476. The van der Waals surface area contributed by atoms with E-state index in [1.807, 2.05) is 6.07 Å². The molecule has 0 saturated carbocycles. The zero-order chi connectivity index (χ0) is 17.7. The Balaban J connectivity index is 1.58. The summed E-state index contributed by atoms with van der Waals surface area (Å²) in [6.07, 6.45) is 3.74. The van der Waals surface area contributed by atoms with Crippen molar-refractivity contribution < 1.29 is 19.0 Å². The highest BCUT2D eigenvalue weighted by atomic mass is 32.1. The van der Waals surface area contributed by atoms with Gasteiger partial charge in [0.1, 0.15) is 0 Å². The Labute approximate surface area is 157 Å². The van der Waals surface area contributed by atoms with E-state index in [0.29, 0.717) is 18.3 Å². The molecule has 1 saturated heterocycles. The van der Waals surface area contributed by atoms with Gasteiger partial charge in [-0.2, -0.15) is 0 Å². The van der Waals surface area contributed by atoms with Crippen molar-refractivity contribution in [3.8, 4) is 5.06 Å². The summed E-state index contributed by atoms with van der Waals surface area (Å²) in [7, 11) is 0. The molecule has 1 aliphatic heterocycles. The molecule has 2 aliphatic carbocycles. The Hall–Kier alpha value is -1.69. The van der Waals surface area contributed by atoms with Gasteiger partial charge in [-0.05, 0) is 48.4 Å². The van der Waals surface area contributed by atoms with Gasteiger partial charge < -0.3 is 14.2 Å². The standard InChI is InChI=1S/C21H22O4S/c1-13(22)25-20-11-16-10-17-8-14-4-2-3-5-15(14)9-18(12-19(16)26-20)21(17)23-6-7-24-21/h2-5,11,17-18H,6-10,12H2,1H3.